The molecule has 0 aliphatic heterocycles. The minimum Gasteiger partial charge on any atom is -0.504 e. The molecule has 3 aromatic rings. The van der Waals surface area contributed by atoms with Gasteiger partial charge in [0.1, 0.15) is 16.3 Å². The maximum absolute atomic E-state index is 12.5. The second-order valence-corrected chi connectivity index (χ2v) is 10.2. The van der Waals surface area contributed by atoms with Crippen molar-refractivity contribution in [3.8, 4) is 5.75 Å². The number of nitrogens with one attached hydrogen (secondary N) is 2. The third-order valence-electron chi connectivity index (χ3n) is 5.43. The second-order valence-electron chi connectivity index (χ2n) is 7.67. The molecule has 1 saturated carbocycles. The summed E-state index contributed by atoms with van der Waals surface area (Å²) in [5, 5.41) is 16.3. The lowest BCUT2D eigenvalue weighted by Gasteiger charge is -2.23. The maximum Gasteiger partial charge on any atom is 0.253 e. The molecule has 0 unspecified atom stereocenters. The number of hydrogen-bond acceptors (Lipinski definition) is 7. The molecule has 0 radical (unpaired) electrons. The van der Waals surface area contributed by atoms with Gasteiger partial charge in [-0.1, -0.05) is 41.9 Å². The molecule has 0 saturated heterocycles. The Morgan fingerprint density at radius 1 is 1.00 bits per heavy atom. The van der Waals surface area contributed by atoms with Crippen LogP contribution in [-0.2, 0) is 15.6 Å². The Balaban J connectivity index is 1.70. The molecule has 162 valence electrons. The average molecular weight is 462 g/mol. The number of phenols is 1. The van der Waals surface area contributed by atoms with Crippen LogP contribution in [-0.4, -0.2) is 31.9 Å². The minimum absolute atomic E-state index is 0.0296. The third-order valence-corrected chi connectivity index (χ3v) is 7.75. The van der Waals surface area contributed by atoms with E-state index in [1.807, 2.05) is 30.3 Å². The van der Waals surface area contributed by atoms with E-state index < -0.39 is 37.1 Å². The molecule has 3 aromatic carbocycles. The Hall–Kier alpha value is -2.88. The van der Waals surface area contributed by atoms with Crippen LogP contribution in [0.5, 0.6) is 5.75 Å². The van der Waals surface area contributed by atoms with Crippen molar-refractivity contribution in [3.63, 3.8) is 0 Å². The van der Waals surface area contributed by atoms with Crippen molar-refractivity contribution in [2.45, 2.75) is 23.3 Å². The molecule has 0 atom stereocenters. The fourth-order valence-electron chi connectivity index (χ4n) is 3.45. The molecule has 8 nitrogen and oxygen atoms in total. The van der Waals surface area contributed by atoms with Gasteiger partial charge in [-0.25, -0.2) is 12.7 Å². The number of phenolic OH excluding ortho intramolecular Hbond substituents is 1. The molecule has 0 spiro atoms. The molecule has 0 heterocycles. The first kappa shape index (κ1) is 21.4. The van der Waals surface area contributed by atoms with Crippen molar-refractivity contribution in [2.75, 3.05) is 24.7 Å². The molecule has 3 N–H and O–H groups in total. The Morgan fingerprint density at radius 2 is 1.61 bits per heavy atom. The van der Waals surface area contributed by atoms with Gasteiger partial charge in [0.25, 0.3) is 10.9 Å². The van der Waals surface area contributed by atoms with E-state index in [9.17, 15) is 23.1 Å². The number of hydrogen-bond donors (Lipinski definition) is 3. The smallest absolute Gasteiger partial charge is 0.253 e. The monoisotopic (exact) mass is 461 g/mol. The summed E-state index contributed by atoms with van der Waals surface area (Å²) < 4.78 is 26.0. The predicted molar refractivity (Wildman–Crippen MR) is 120 cm³/mol. The molecule has 1 aliphatic rings. The van der Waals surface area contributed by atoms with Gasteiger partial charge in [-0.05, 0) is 30.5 Å². The second kappa shape index (κ2) is 7.37. The van der Waals surface area contributed by atoms with Crippen molar-refractivity contribution in [1.82, 2.24) is 4.31 Å². The summed E-state index contributed by atoms with van der Waals surface area (Å²) in [7, 11) is -1.43. The molecule has 4 rings (SSSR count). The van der Waals surface area contributed by atoms with Crippen molar-refractivity contribution >= 4 is 38.7 Å². The Bertz CT molecular complexity index is 1340. The highest BCUT2D eigenvalue weighted by Crippen LogP contribution is 2.49. The first-order valence-electron chi connectivity index (χ1n) is 9.46. The number of nitrogens with zero attached hydrogens (tertiary/aromatic N) is 1. The molecule has 0 aromatic heterocycles. The van der Waals surface area contributed by atoms with Crippen molar-refractivity contribution in [3.05, 3.63) is 73.5 Å². The van der Waals surface area contributed by atoms with Crippen LogP contribution in [0.15, 0.2) is 56.9 Å². The Labute approximate surface area is 183 Å². The van der Waals surface area contributed by atoms with Gasteiger partial charge >= 0.3 is 0 Å². The third kappa shape index (κ3) is 3.48. The van der Waals surface area contributed by atoms with Crippen molar-refractivity contribution < 1.29 is 13.5 Å². The molecule has 1 fully saturated rings. The number of sulfonamides is 1. The SMILES string of the molecule is CN(C)S(=O)(=O)c1c(Cl)ccc(Nc2c(NC3(c4ccccc4)CC3)c(=O)c2=O)c1O. The lowest BCUT2D eigenvalue weighted by Crippen LogP contribution is -2.39. The summed E-state index contributed by atoms with van der Waals surface area (Å²) in [6.07, 6.45) is 1.60. The van der Waals surface area contributed by atoms with E-state index in [4.69, 9.17) is 11.6 Å². The van der Waals surface area contributed by atoms with E-state index >= 15 is 0 Å². The van der Waals surface area contributed by atoms with Gasteiger partial charge in [-0.2, -0.15) is 0 Å². The van der Waals surface area contributed by atoms with Crippen LogP contribution in [0.2, 0.25) is 5.02 Å². The molecular weight excluding hydrogens is 442 g/mol. The first-order valence-corrected chi connectivity index (χ1v) is 11.3. The Kier molecular flexibility index (Phi) is 5.07. The normalized spacial score (nSPS) is 15.2. The van der Waals surface area contributed by atoms with Crippen LogP contribution in [0.25, 0.3) is 0 Å². The van der Waals surface area contributed by atoms with Crippen LogP contribution in [0, 0.1) is 0 Å². The zero-order valence-electron chi connectivity index (χ0n) is 16.8. The van der Waals surface area contributed by atoms with Gasteiger partial charge in [0.15, 0.2) is 5.75 Å². The predicted octanol–water partition coefficient (Wildman–Crippen LogP) is 2.74. The maximum atomic E-state index is 12.5. The number of aromatic hydroxyl groups is 1. The summed E-state index contributed by atoms with van der Waals surface area (Å²) in [4.78, 5) is 24.0. The molecule has 0 bridgehead atoms. The zero-order chi connectivity index (χ0) is 22.6. The first-order chi connectivity index (χ1) is 14.6. The van der Waals surface area contributed by atoms with Crippen LogP contribution < -0.4 is 21.5 Å². The highest BCUT2D eigenvalue weighted by Gasteiger charge is 2.46. The van der Waals surface area contributed by atoms with Crippen molar-refractivity contribution in [2.24, 2.45) is 0 Å². The van der Waals surface area contributed by atoms with E-state index in [2.05, 4.69) is 10.6 Å². The van der Waals surface area contributed by atoms with E-state index in [0.29, 0.717) is 0 Å². The van der Waals surface area contributed by atoms with E-state index in [0.717, 1.165) is 22.7 Å². The van der Waals surface area contributed by atoms with E-state index in [1.54, 1.807) is 0 Å². The fourth-order valence-corrected chi connectivity index (χ4v) is 4.93. The van der Waals surface area contributed by atoms with Crippen LogP contribution in [0.4, 0.5) is 17.1 Å². The molecule has 0 amide bonds. The largest absolute Gasteiger partial charge is 0.504 e. The molecular formula is C21H20ClN3O5S. The number of benzene rings is 2. The van der Waals surface area contributed by atoms with Gasteiger partial charge < -0.3 is 15.7 Å². The molecule has 10 heteroatoms. The fraction of sp³-hybridized carbons (Fsp3) is 0.238. The number of halogens is 1. The topological polar surface area (TPSA) is 116 Å². The van der Waals surface area contributed by atoms with E-state index in [-0.39, 0.29) is 22.1 Å². The quantitative estimate of drug-likeness (QED) is 0.366. The standard InChI is InChI=1S/C21H20ClN3O5S/c1-25(2)31(29,30)20-13(22)8-9-14(17(20)26)23-15-16(19(28)18(15)27)24-21(10-11-21)12-6-4-3-5-7-12/h3-9,23-24,26H,10-11H2,1-2H3. The van der Waals surface area contributed by atoms with Crippen LogP contribution >= 0.6 is 11.6 Å². The highest BCUT2D eigenvalue weighted by molar-refractivity contribution is 7.89. The number of anilines is 3. The summed E-state index contributed by atoms with van der Waals surface area (Å²) in [6.45, 7) is 0. The summed E-state index contributed by atoms with van der Waals surface area (Å²) in [6, 6.07) is 12.2. The zero-order valence-corrected chi connectivity index (χ0v) is 18.3. The molecule has 31 heavy (non-hydrogen) atoms. The average Bonchev–Trinajstić information content (AvgIpc) is 3.53. The van der Waals surface area contributed by atoms with Gasteiger partial charge in [-0.3, -0.25) is 9.59 Å². The van der Waals surface area contributed by atoms with Gasteiger partial charge in [0.2, 0.25) is 10.0 Å². The van der Waals surface area contributed by atoms with Gasteiger partial charge in [-0.15, -0.1) is 0 Å². The highest BCUT2D eigenvalue weighted by atomic mass is 35.5. The van der Waals surface area contributed by atoms with Crippen LogP contribution in [0.1, 0.15) is 18.4 Å². The van der Waals surface area contributed by atoms with Gasteiger partial charge in [0.05, 0.1) is 16.2 Å². The van der Waals surface area contributed by atoms with Gasteiger partial charge in [0, 0.05) is 14.1 Å². The lowest BCUT2D eigenvalue weighted by molar-refractivity contribution is 0.455. The summed E-state index contributed by atoms with van der Waals surface area (Å²) >= 11 is 6.02. The number of rotatable bonds is 7. The Morgan fingerprint density at radius 3 is 2.19 bits per heavy atom. The van der Waals surface area contributed by atoms with E-state index in [1.165, 1.54) is 26.2 Å². The summed E-state index contributed by atoms with van der Waals surface area (Å²) in [5.74, 6) is -0.635. The lowest BCUT2D eigenvalue weighted by atomic mass is 10.0. The summed E-state index contributed by atoms with van der Waals surface area (Å²) in [5.41, 5.74) is -0.818. The van der Waals surface area contributed by atoms with Crippen molar-refractivity contribution in [1.29, 1.82) is 0 Å². The molecule has 1 aliphatic carbocycles. The minimum atomic E-state index is -4.05. The van der Waals surface area contributed by atoms with Crippen LogP contribution in [0.3, 0.4) is 0 Å².